The van der Waals surface area contributed by atoms with Crippen molar-refractivity contribution in [3.63, 3.8) is 0 Å². The molecule has 0 amide bonds. The maximum atomic E-state index is 13.5. The number of hydrogen-bond acceptors (Lipinski definition) is 4. The second-order valence-electron chi connectivity index (χ2n) is 8.87. The van der Waals surface area contributed by atoms with Crippen molar-refractivity contribution in [1.82, 2.24) is 25.4 Å². The normalized spacial score (nSPS) is 20.3. The Morgan fingerprint density at radius 1 is 1.10 bits per heavy atom. The first kappa shape index (κ1) is 21.6. The molecule has 2 heterocycles. The first-order valence-electron chi connectivity index (χ1n) is 11.4. The fourth-order valence-corrected chi connectivity index (χ4v) is 4.62. The van der Waals surface area contributed by atoms with Crippen molar-refractivity contribution < 1.29 is 4.39 Å². The summed E-state index contributed by atoms with van der Waals surface area (Å²) in [6.45, 7) is 6.29. The number of nitrogens with zero attached hydrogens (tertiary/aromatic N) is 5. The molecule has 1 saturated heterocycles. The molecule has 4 rings (SSSR count). The Balaban J connectivity index is 1.45. The number of piperidine rings is 1. The molecule has 2 fully saturated rings. The zero-order valence-corrected chi connectivity index (χ0v) is 18.9. The zero-order chi connectivity index (χ0) is 21.8. The molecule has 0 bridgehead atoms. The van der Waals surface area contributed by atoms with Crippen molar-refractivity contribution in [3.05, 3.63) is 41.2 Å². The minimum Gasteiger partial charge on any atom is -0.369 e. The summed E-state index contributed by atoms with van der Waals surface area (Å²) in [4.78, 5) is 7.21. The fraction of sp³-hybridized carbons (Fsp3) is 0.609. The predicted octanol–water partition coefficient (Wildman–Crippen LogP) is 3.22. The fourth-order valence-electron chi connectivity index (χ4n) is 4.62. The van der Waals surface area contributed by atoms with E-state index in [1.54, 1.807) is 12.1 Å². The second-order valence-corrected chi connectivity index (χ2v) is 8.87. The van der Waals surface area contributed by atoms with Gasteiger partial charge in [0.05, 0.1) is 0 Å². The van der Waals surface area contributed by atoms with Crippen LogP contribution in [0.25, 0.3) is 0 Å². The molecule has 1 saturated carbocycles. The van der Waals surface area contributed by atoms with Crippen molar-refractivity contribution >= 4 is 11.6 Å². The Kier molecular flexibility index (Phi) is 6.73. The molecule has 1 unspecified atom stereocenters. The van der Waals surface area contributed by atoms with E-state index < -0.39 is 0 Å². The van der Waals surface area contributed by atoms with Gasteiger partial charge in [0.15, 0.2) is 11.8 Å². The molecule has 1 aromatic heterocycles. The van der Waals surface area contributed by atoms with Crippen LogP contribution in [0, 0.1) is 19.7 Å². The molecule has 1 aliphatic carbocycles. The van der Waals surface area contributed by atoms with Gasteiger partial charge in [0, 0.05) is 37.9 Å². The number of benzene rings is 1. The molecule has 168 valence electrons. The summed E-state index contributed by atoms with van der Waals surface area (Å²) in [5, 5.41) is 15.7. The van der Waals surface area contributed by atoms with Gasteiger partial charge in [0.1, 0.15) is 18.2 Å². The van der Waals surface area contributed by atoms with E-state index in [4.69, 9.17) is 4.99 Å². The standard InChI is InChI=1S/C23H34FN7/c1-16-13-18(24)10-11-21(16)31-12-6-9-20(15-31)27-23(26-19-7-4-5-8-19)25-14-22-29-28-17(2)30(22)3/h10-11,13,19-20H,4-9,12,14-15H2,1-3H3,(H2,25,26,27). The van der Waals surface area contributed by atoms with E-state index in [0.29, 0.717) is 12.6 Å². The lowest BCUT2D eigenvalue weighted by atomic mass is 10.0. The van der Waals surface area contributed by atoms with Crippen LogP contribution in [-0.4, -0.2) is 45.9 Å². The van der Waals surface area contributed by atoms with Gasteiger partial charge in [-0.2, -0.15) is 0 Å². The summed E-state index contributed by atoms with van der Waals surface area (Å²) in [6.07, 6.45) is 7.10. The highest BCUT2D eigenvalue weighted by molar-refractivity contribution is 5.80. The highest BCUT2D eigenvalue weighted by Crippen LogP contribution is 2.24. The number of anilines is 1. The van der Waals surface area contributed by atoms with Crippen molar-refractivity contribution in [3.8, 4) is 0 Å². The van der Waals surface area contributed by atoms with E-state index in [2.05, 4.69) is 25.7 Å². The first-order chi connectivity index (χ1) is 15.0. The SMILES string of the molecule is Cc1cc(F)ccc1N1CCCC(NC(=NCc2nnc(C)n2C)NC2CCCC2)C1. The van der Waals surface area contributed by atoms with E-state index in [9.17, 15) is 4.39 Å². The van der Waals surface area contributed by atoms with Gasteiger partial charge in [0.25, 0.3) is 0 Å². The van der Waals surface area contributed by atoms with Crippen LogP contribution in [0.5, 0.6) is 0 Å². The van der Waals surface area contributed by atoms with Gasteiger partial charge in [-0.3, -0.25) is 0 Å². The highest BCUT2D eigenvalue weighted by Gasteiger charge is 2.24. The van der Waals surface area contributed by atoms with Gasteiger partial charge >= 0.3 is 0 Å². The Bertz CT molecular complexity index is 917. The number of hydrogen-bond donors (Lipinski definition) is 2. The van der Waals surface area contributed by atoms with Gasteiger partial charge in [-0.25, -0.2) is 9.38 Å². The quantitative estimate of drug-likeness (QED) is 0.566. The number of aryl methyl sites for hydroxylation is 2. The minimum atomic E-state index is -0.179. The van der Waals surface area contributed by atoms with Gasteiger partial charge in [-0.15, -0.1) is 10.2 Å². The molecule has 8 heteroatoms. The van der Waals surface area contributed by atoms with Crippen LogP contribution < -0.4 is 15.5 Å². The first-order valence-corrected chi connectivity index (χ1v) is 11.4. The number of guanidine groups is 1. The lowest BCUT2D eigenvalue weighted by Crippen LogP contribution is -2.53. The highest BCUT2D eigenvalue weighted by atomic mass is 19.1. The summed E-state index contributed by atoms with van der Waals surface area (Å²) in [5.74, 6) is 2.43. The van der Waals surface area contributed by atoms with Crippen LogP contribution >= 0.6 is 0 Å². The average Bonchev–Trinajstić information content (AvgIpc) is 3.37. The van der Waals surface area contributed by atoms with Crippen LogP contribution in [0.2, 0.25) is 0 Å². The molecule has 1 atom stereocenters. The topological polar surface area (TPSA) is 70.4 Å². The monoisotopic (exact) mass is 427 g/mol. The summed E-state index contributed by atoms with van der Waals surface area (Å²) in [5.41, 5.74) is 2.10. The van der Waals surface area contributed by atoms with Gasteiger partial charge in [0.2, 0.25) is 0 Å². The molecule has 0 spiro atoms. The predicted molar refractivity (Wildman–Crippen MR) is 122 cm³/mol. The Labute approximate surface area is 184 Å². The largest absolute Gasteiger partial charge is 0.369 e. The van der Waals surface area contributed by atoms with E-state index >= 15 is 0 Å². The van der Waals surface area contributed by atoms with E-state index in [1.807, 2.05) is 31.5 Å². The van der Waals surface area contributed by atoms with Crippen LogP contribution in [0.15, 0.2) is 23.2 Å². The van der Waals surface area contributed by atoms with Crippen molar-refractivity contribution in [1.29, 1.82) is 0 Å². The molecule has 31 heavy (non-hydrogen) atoms. The summed E-state index contributed by atoms with van der Waals surface area (Å²) >= 11 is 0. The average molecular weight is 428 g/mol. The van der Waals surface area contributed by atoms with Crippen molar-refractivity contribution in [2.45, 2.75) is 71.0 Å². The van der Waals surface area contributed by atoms with Crippen LogP contribution in [0.3, 0.4) is 0 Å². The molecule has 2 aliphatic rings. The maximum absolute atomic E-state index is 13.5. The van der Waals surface area contributed by atoms with E-state index in [0.717, 1.165) is 54.8 Å². The van der Waals surface area contributed by atoms with Crippen LogP contribution in [0.1, 0.15) is 55.7 Å². The smallest absolute Gasteiger partial charge is 0.192 e. The lowest BCUT2D eigenvalue weighted by Gasteiger charge is -2.36. The molecule has 2 N–H and O–H groups in total. The van der Waals surface area contributed by atoms with Crippen molar-refractivity contribution in [2.24, 2.45) is 12.0 Å². The number of nitrogens with one attached hydrogen (secondary N) is 2. The minimum absolute atomic E-state index is 0.179. The molecular formula is C23H34FN7. The Hall–Kier alpha value is -2.64. The molecular weight excluding hydrogens is 393 g/mol. The van der Waals surface area contributed by atoms with E-state index in [1.165, 1.54) is 25.7 Å². The molecule has 0 radical (unpaired) electrons. The number of aromatic nitrogens is 3. The molecule has 7 nitrogen and oxygen atoms in total. The summed E-state index contributed by atoms with van der Waals surface area (Å²) in [7, 11) is 1.97. The summed E-state index contributed by atoms with van der Waals surface area (Å²) < 4.78 is 15.5. The third-order valence-electron chi connectivity index (χ3n) is 6.52. The van der Waals surface area contributed by atoms with Gasteiger partial charge in [-0.05, 0) is 63.3 Å². The number of halogens is 1. The third kappa shape index (κ3) is 5.35. The molecule has 1 aromatic carbocycles. The lowest BCUT2D eigenvalue weighted by molar-refractivity contribution is 0.462. The Morgan fingerprint density at radius 3 is 2.55 bits per heavy atom. The van der Waals surface area contributed by atoms with Crippen LogP contribution in [0.4, 0.5) is 10.1 Å². The van der Waals surface area contributed by atoms with Gasteiger partial charge in [-0.1, -0.05) is 12.8 Å². The van der Waals surface area contributed by atoms with E-state index in [-0.39, 0.29) is 11.9 Å². The zero-order valence-electron chi connectivity index (χ0n) is 18.9. The number of rotatable bonds is 5. The third-order valence-corrected chi connectivity index (χ3v) is 6.52. The second kappa shape index (κ2) is 9.66. The Morgan fingerprint density at radius 2 is 1.84 bits per heavy atom. The van der Waals surface area contributed by atoms with Crippen molar-refractivity contribution in [2.75, 3.05) is 18.0 Å². The number of aliphatic imine (C=N–C) groups is 1. The molecule has 1 aliphatic heterocycles. The van der Waals surface area contributed by atoms with Gasteiger partial charge < -0.3 is 20.1 Å². The van der Waals surface area contributed by atoms with Crippen LogP contribution in [-0.2, 0) is 13.6 Å². The maximum Gasteiger partial charge on any atom is 0.192 e. The summed E-state index contributed by atoms with van der Waals surface area (Å²) in [6, 6.07) is 5.83. The molecule has 2 aromatic rings.